The van der Waals surface area contributed by atoms with Crippen LogP contribution >= 0.6 is 34.8 Å². The number of alkyl halides is 3. The van der Waals surface area contributed by atoms with Gasteiger partial charge in [-0.15, -0.1) is 0 Å². The van der Waals surface area contributed by atoms with Crippen molar-refractivity contribution in [2.24, 2.45) is 5.92 Å². The standard InChI is InChI=1S/C7H8Cl3NO2/c8-7(9,10)6(12)5(4-11)2-1-3-13-6/h5,12H,1-3H2. The molecule has 2 atom stereocenters. The summed E-state index contributed by atoms with van der Waals surface area (Å²) in [6, 6.07) is 1.87. The predicted molar refractivity (Wildman–Crippen MR) is 49.5 cm³/mol. The van der Waals surface area contributed by atoms with Crippen LogP contribution in [0.2, 0.25) is 0 Å². The van der Waals surface area contributed by atoms with Crippen molar-refractivity contribution in [1.82, 2.24) is 0 Å². The Morgan fingerprint density at radius 3 is 2.54 bits per heavy atom. The molecule has 2 unspecified atom stereocenters. The van der Waals surface area contributed by atoms with Crippen molar-refractivity contribution in [1.29, 1.82) is 5.26 Å². The van der Waals surface area contributed by atoms with Gasteiger partial charge in [-0.2, -0.15) is 5.26 Å². The Labute approximate surface area is 91.1 Å². The Hall–Kier alpha value is 0.280. The Balaban J connectivity index is 2.91. The average molecular weight is 245 g/mol. The number of hydrogen-bond acceptors (Lipinski definition) is 3. The molecule has 1 saturated heterocycles. The van der Waals surface area contributed by atoms with E-state index >= 15 is 0 Å². The fourth-order valence-corrected chi connectivity index (χ4v) is 1.80. The zero-order chi connectivity index (χ0) is 10.1. The minimum Gasteiger partial charge on any atom is -0.361 e. The van der Waals surface area contributed by atoms with E-state index in [0.717, 1.165) is 0 Å². The summed E-state index contributed by atoms with van der Waals surface area (Å²) in [6.07, 6.45) is 1.15. The molecule has 3 nitrogen and oxygen atoms in total. The number of rotatable bonds is 0. The topological polar surface area (TPSA) is 53.2 Å². The molecule has 0 aromatic heterocycles. The van der Waals surface area contributed by atoms with Gasteiger partial charge in [0.1, 0.15) is 5.92 Å². The smallest absolute Gasteiger partial charge is 0.245 e. The van der Waals surface area contributed by atoms with Crippen molar-refractivity contribution in [2.75, 3.05) is 6.61 Å². The molecule has 1 aliphatic heterocycles. The normalized spacial score (nSPS) is 35.5. The highest BCUT2D eigenvalue weighted by atomic mass is 35.6. The molecule has 0 radical (unpaired) electrons. The van der Waals surface area contributed by atoms with Gasteiger partial charge in [0.15, 0.2) is 0 Å². The fraction of sp³-hybridized carbons (Fsp3) is 0.857. The first-order chi connectivity index (χ1) is 5.92. The van der Waals surface area contributed by atoms with Crippen LogP contribution in [0.15, 0.2) is 0 Å². The summed E-state index contributed by atoms with van der Waals surface area (Å²) in [5, 5.41) is 18.6. The molecule has 0 aliphatic carbocycles. The van der Waals surface area contributed by atoms with Crippen LogP contribution in [0.4, 0.5) is 0 Å². The zero-order valence-corrected chi connectivity index (χ0v) is 8.90. The predicted octanol–water partition coefficient (Wildman–Crippen LogP) is 2.00. The monoisotopic (exact) mass is 243 g/mol. The lowest BCUT2D eigenvalue weighted by Gasteiger charge is -2.40. The summed E-state index contributed by atoms with van der Waals surface area (Å²) in [7, 11) is 0. The van der Waals surface area contributed by atoms with E-state index in [1.807, 2.05) is 6.07 Å². The SMILES string of the molecule is N#CC1CCCOC1(O)C(Cl)(Cl)Cl. The molecule has 1 aliphatic rings. The molecule has 1 N–H and O–H groups in total. The number of nitriles is 1. The first-order valence-corrected chi connectivity index (χ1v) is 4.88. The number of aliphatic hydroxyl groups is 1. The Bertz CT molecular complexity index is 235. The fourth-order valence-electron chi connectivity index (χ4n) is 1.24. The maximum Gasteiger partial charge on any atom is 0.245 e. The molecule has 0 amide bonds. The molecule has 0 aromatic carbocycles. The van der Waals surface area contributed by atoms with Crippen LogP contribution in [-0.2, 0) is 4.74 Å². The second-order valence-corrected chi connectivity index (χ2v) is 5.15. The van der Waals surface area contributed by atoms with Crippen LogP contribution < -0.4 is 0 Å². The third-order valence-corrected chi connectivity index (χ3v) is 2.81. The summed E-state index contributed by atoms with van der Waals surface area (Å²) in [5.74, 6) is -2.78. The zero-order valence-electron chi connectivity index (χ0n) is 6.64. The Morgan fingerprint density at radius 2 is 2.15 bits per heavy atom. The van der Waals surface area contributed by atoms with Crippen LogP contribution in [0.25, 0.3) is 0 Å². The summed E-state index contributed by atoms with van der Waals surface area (Å²) < 4.78 is 2.98. The molecular formula is C7H8Cl3NO2. The van der Waals surface area contributed by atoms with E-state index in [1.54, 1.807) is 0 Å². The van der Waals surface area contributed by atoms with Crippen molar-refractivity contribution < 1.29 is 9.84 Å². The van der Waals surface area contributed by atoms with E-state index < -0.39 is 15.5 Å². The second kappa shape index (κ2) is 3.80. The van der Waals surface area contributed by atoms with Gasteiger partial charge in [-0.25, -0.2) is 0 Å². The van der Waals surface area contributed by atoms with Crippen LogP contribution in [0, 0.1) is 17.2 Å². The highest BCUT2D eigenvalue weighted by Crippen LogP contribution is 2.46. The van der Waals surface area contributed by atoms with Crippen LogP contribution in [0.5, 0.6) is 0 Å². The lowest BCUT2D eigenvalue weighted by atomic mass is 9.93. The average Bonchev–Trinajstić information content (AvgIpc) is 2.03. The second-order valence-electron chi connectivity index (χ2n) is 2.87. The molecule has 0 bridgehead atoms. The van der Waals surface area contributed by atoms with Gasteiger partial charge in [0, 0.05) is 0 Å². The summed E-state index contributed by atoms with van der Waals surface area (Å²) in [5.41, 5.74) is 0. The number of hydrogen-bond donors (Lipinski definition) is 1. The lowest BCUT2D eigenvalue weighted by Crippen LogP contribution is -2.53. The first kappa shape index (κ1) is 11.4. The van der Waals surface area contributed by atoms with Gasteiger partial charge in [0.25, 0.3) is 0 Å². The van der Waals surface area contributed by atoms with Gasteiger partial charge in [0.2, 0.25) is 9.58 Å². The van der Waals surface area contributed by atoms with Crippen molar-refractivity contribution >= 4 is 34.8 Å². The number of ether oxygens (including phenoxy) is 1. The number of halogens is 3. The largest absolute Gasteiger partial charge is 0.361 e. The molecule has 0 aromatic rings. The maximum absolute atomic E-state index is 9.83. The van der Waals surface area contributed by atoms with Gasteiger partial charge >= 0.3 is 0 Å². The third-order valence-electron chi connectivity index (χ3n) is 1.99. The van der Waals surface area contributed by atoms with Crippen molar-refractivity contribution in [3.8, 4) is 6.07 Å². The Morgan fingerprint density at radius 1 is 1.54 bits per heavy atom. The van der Waals surface area contributed by atoms with Gasteiger partial charge < -0.3 is 9.84 Å². The van der Waals surface area contributed by atoms with Crippen LogP contribution in [0.1, 0.15) is 12.8 Å². The molecule has 6 heteroatoms. The van der Waals surface area contributed by atoms with Crippen LogP contribution in [0.3, 0.4) is 0 Å². The third kappa shape index (κ3) is 2.03. The maximum atomic E-state index is 9.83. The van der Waals surface area contributed by atoms with Gasteiger partial charge in [-0.05, 0) is 12.8 Å². The van der Waals surface area contributed by atoms with Gasteiger partial charge in [-0.3, -0.25) is 0 Å². The highest BCUT2D eigenvalue weighted by Gasteiger charge is 2.55. The van der Waals surface area contributed by atoms with E-state index in [9.17, 15) is 5.11 Å². The lowest BCUT2D eigenvalue weighted by molar-refractivity contribution is -0.241. The van der Waals surface area contributed by atoms with E-state index in [2.05, 4.69) is 0 Å². The van der Waals surface area contributed by atoms with E-state index in [-0.39, 0.29) is 0 Å². The van der Waals surface area contributed by atoms with Gasteiger partial charge in [0.05, 0.1) is 12.7 Å². The molecule has 13 heavy (non-hydrogen) atoms. The molecule has 0 saturated carbocycles. The van der Waals surface area contributed by atoms with E-state index in [4.69, 9.17) is 44.8 Å². The summed E-state index contributed by atoms with van der Waals surface area (Å²) in [6.45, 7) is 0.294. The number of nitrogens with zero attached hydrogens (tertiary/aromatic N) is 1. The molecule has 1 fully saturated rings. The summed E-state index contributed by atoms with van der Waals surface area (Å²) in [4.78, 5) is 0. The summed E-state index contributed by atoms with van der Waals surface area (Å²) >= 11 is 16.6. The minimum absolute atomic E-state index is 0.294. The molecule has 1 heterocycles. The van der Waals surface area contributed by atoms with Crippen LogP contribution in [-0.4, -0.2) is 21.3 Å². The first-order valence-electron chi connectivity index (χ1n) is 3.74. The van der Waals surface area contributed by atoms with E-state index in [1.165, 1.54) is 0 Å². The molecule has 0 spiro atoms. The minimum atomic E-state index is -1.99. The molecule has 74 valence electrons. The van der Waals surface area contributed by atoms with Crippen molar-refractivity contribution in [2.45, 2.75) is 22.4 Å². The Kier molecular flexibility index (Phi) is 3.32. The van der Waals surface area contributed by atoms with Crippen molar-refractivity contribution in [3.63, 3.8) is 0 Å². The van der Waals surface area contributed by atoms with Crippen molar-refractivity contribution in [3.05, 3.63) is 0 Å². The highest BCUT2D eigenvalue weighted by molar-refractivity contribution is 6.68. The molecule has 1 rings (SSSR count). The van der Waals surface area contributed by atoms with Gasteiger partial charge in [-0.1, -0.05) is 34.8 Å². The molecular weight excluding hydrogens is 236 g/mol. The van der Waals surface area contributed by atoms with E-state index in [0.29, 0.717) is 19.4 Å². The quantitative estimate of drug-likeness (QED) is 0.663.